The van der Waals surface area contributed by atoms with Crippen molar-refractivity contribution in [2.24, 2.45) is 5.92 Å². The van der Waals surface area contributed by atoms with Crippen LogP contribution < -0.4 is 5.32 Å². The fourth-order valence-electron chi connectivity index (χ4n) is 1.57. The summed E-state index contributed by atoms with van der Waals surface area (Å²) in [6.45, 7) is 2.19. The van der Waals surface area contributed by atoms with Crippen molar-refractivity contribution in [3.05, 3.63) is 19.2 Å². The first kappa shape index (κ1) is 11.1. The maximum Gasteiger partial charge on any atom is 0.0843 e. The first-order valence-electron chi connectivity index (χ1n) is 4.90. The van der Waals surface area contributed by atoms with Crippen molar-refractivity contribution < 1.29 is 0 Å². The number of rotatable bonds is 4. The monoisotopic (exact) mass is 337 g/mol. The highest BCUT2D eigenvalue weighted by Gasteiger charge is 2.16. The molecule has 2 rings (SSSR count). The molecule has 1 aliphatic carbocycles. The molecule has 1 aromatic rings. The van der Waals surface area contributed by atoms with Crippen LogP contribution in [0.15, 0.2) is 14.3 Å². The average molecular weight is 339 g/mol. The molecular formula is C10H13Br2NS. The minimum Gasteiger partial charge on any atom is -0.312 e. The van der Waals surface area contributed by atoms with E-state index < -0.39 is 0 Å². The van der Waals surface area contributed by atoms with Crippen molar-refractivity contribution >= 4 is 43.2 Å². The second kappa shape index (κ2) is 5.10. The van der Waals surface area contributed by atoms with E-state index in [0.29, 0.717) is 0 Å². The summed E-state index contributed by atoms with van der Waals surface area (Å²) in [7, 11) is 0. The Morgan fingerprint density at radius 1 is 1.43 bits per heavy atom. The maximum absolute atomic E-state index is 3.51. The molecular weight excluding hydrogens is 326 g/mol. The molecule has 1 nitrogen and oxygen atoms in total. The number of thiophene rings is 1. The number of halogens is 2. The van der Waals surface area contributed by atoms with Crippen LogP contribution in [0, 0.1) is 5.92 Å². The maximum atomic E-state index is 3.51. The zero-order valence-corrected chi connectivity index (χ0v) is 11.8. The van der Waals surface area contributed by atoms with Gasteiger partial charge in [0.15, 0.2) is 0 Å². The van der Waals surface area contributed by atoms with Crippen LogP contribution in [0.5, 0.6) is 0 Å². The van der Waals surface area contributed by atoms with E-state index in [2.05, 4.69) is 43.2 Å². The molecule has 1 aromatic heterocycles. The fourth-order valence-corrected chi connectivity index (χ4v) is 3.72. The summed E-state index contributed by atoms with van der Waals surface area (Å²) in [6, 6.07) is 2.18. The first-order chi connectivity index (χ1) is 6.75. The quantitative estimate of drug-likeness (QED) is 0.869. The van der Waals surface area contributed by atoms with Crippen LogP contribution in [0.3, 0.4) is 0 Å². The van der Waals surface area contributed by atoms with Crippen LogP contribution in [0.2, 0.25) is 0 Å². The molecule has 0 unspecified atom stereocenters. The van der Waals surface area contributed by atoms with Gasteiger partial charge in [0.2, 0.25) is 0 Å². The molecule has 1 N–H and O–H groups in total. The molecule has 1 saturated carbocycles. The Labute approximate surface area is 106 Å². The highest BCUT2D eigenvalue weighted by Crippen LogP contribution is 2.32. The van der Waals surface area contributed by atoms with Gasteiger partial charge in [-0.2, -0.15) is 0 Å². The van der Waals surface area contributed by atoms with Crippen molar-refractivity contribution in [2.75, 3.05) is 6.54 Å². The summed E-state index contributed by atoms with van der Waals surface area (Å²) in [5.41, 5.74) is 0. The van der Waals surface area contributed by atoms with Crippen LogP contribution in [0.25, 0.3) is 0 Å². The summed E-state index contributed by atoms with van der Waals surface area (Å²) in [4.78, 5) is 1.39. The van der Waals surface area contributed by atoms with Crippen molar-refractivity contribution in [3.8, 4) is 0 Å². The van der Waals surface area contributed by atoms with Gasteiger partial charge in [-0.05, 0) is 63.2 Å². The molecule has 0 amide bonds. The van der Waals surface area contributed by atoms with Crippen molar-refractivity contribution in [1.82, 2.24) is 5.32 Å². The third kappa shape index (κ3) is 2.81. The summed E-state index contributed by atoms with van der Waals surface area (Å²) in [5.74, 6) is 0.946. The van der Waals surface area contributed by atoms with Crippen LogP contribution in [-0.4, -0.2) is 6.54 Å². The van der Waals surface area contributed by atoms with E-state index in [4.69, 9.17) is 0 Å². The summed E-state index contributed by atoms with van der Waals surface area (Å²) < 4.78 is 2.36. The molecule has 78 valence electrons. The van der Waals surface area contributed by atoms with E-state index in [1.54, 1.807) is 11.3 Å². The molecule has 0 spiro atoms. The Hall–Kier alpha value is 0.620. The van der Waals surface area contributed by atoms with Gasteiger partial charge < -0.3 is 5.32 Å². The highest BCUT2D eigenvalue weighted by atomic mass is 79.9. The minimum atomic E-state index is 0.946. The Balaban J connectivity index is 1.74. The lowest BCUT2D eigenvalue weighted by Crippen LogP contribution is -2.26. The molecule has 1 fully saturated rings. The van der Waals surface area contributed by atoms with Gasteiger partial charge in [0, 0.05) is 15.9 Å². The summed E-state index contributed by atoms with van der Waals surface area (Å²) in [5, 5.41) is 3.51. The Morgan fingerprint density at radius 3 is 2.71 bits per heavy atom. The lowest BCUT2D eigenvalue weighted by Gasteiger charge is -2.25. The van der Waals surface area contributed by atoms with Crippen LogP contribution >= 0.6 is 43.2 Å². The molecule has 0 saturated heterocycles. The van der Waals surface area contributed by atoms with Gasteiger partial charge in [0.25, 0.3) is 0 Å². The largest absolute Gasteiger partial charge is 0.312 e. The molecule has 0 aromatic carbocycles. The lowest BCUT2D eigenvalue weighted by molar-refractivity contribution is 0.301. The average Bonchev–Trinajstić information content (AvgIpc) is 2.37. The fraction of sp³-hybridized carbons (Fsp3) is 0.600. The summed E-state index contributed by atoms with van der Waals surface area (Å²) >= 11 is 8.80. The van der Waals surface area contributed by atoms with E-state index in [9.17, 15) is 0 Å². The zero-order chi connectivity index (χ0) is 9.97. The second-order valence-corrected chi connectivity index (χ2v) is 7.07. The van der Waals surface area contributed by atoms with Crippen LogP contribution in [0.4, 0.5) is 0 Å². The predicted octanol–water partition coefficient (Wildman–Crippen LogP) is 4.16. The minimum absolute atomic E-state index is 0.946. The molecule has 1 aliphatic rings. The van der Waals surface area contributed by atoms with Gasteiger partial charge in [-0.3, -0.25) is 0 Å². The first-order valence-corrected chi connectivity index (χ1v) is 7.30. The highest BCUT2D eigenvalue weighted by molar-refractivity contribution is 9.13. The Bertz CT molecular complexity index is 288. The van der Waals surface area contributed by atoms with Gasteiger partial charge in [0.05, 0.1) is 3.79 Å². The smallest absolute Gasteiger partial charge is 0.0843 e. The van der Waals surface area contributed by atoms with E-state index in [0.717, 1.165) is 12.5 Å². The standard InChI is InChI=1S/C10H13Br2NS/c11-9-4-8(14-10(9)12)6-13-5-7-2-1-3-7/h4,7,13H,1-3,5-6H2. The van der Waals surface area contributed by atoms with Crippen molar-refractivity contribution in [1.29, 1.82) is 0 Å². The predicted molar refractivity (Wildman–Crippen MR) is 68.8 cm³/mol. The number of hydrogen-bond acceptors (Lipinski definition) is 2. The lowest BCUT2D eigenvalue weighted by atomic mass is 9.85. The van der Waals surface area contributed by atoms with E-state index in [1.807, 2.05) is 0 Å². The van der Waals surface area contributed by atoms with Gasteiger partial charge in [-0.15, -0.1) is 11.3 Å². The van der Waals surface area contributed by atoms with Crippen molar-refractivity contribution in [3.63, 3.8) is 0 Å². The molecule has 14 heavy (non-hydrogen) atoms. The van der Waals surface area contributed by atoms with E-state index in [-0.39, 0.29) is 0 Å². The van der Waals surface area contributed by atoms with Gasteiger partial charge in [-0.1, -0.05) is 6.42 Å². The Morgan fingerprint density at radius 2 is 2.21 bits per heavy atom. The second-order valence-electron chi connectivity index (χ2n) is 3.76. The van der Waals surface area contributed by atoms with Gasteiger partial charge >= 0.3 is 0 Å². The molecule has 4 heteroatoms. The Kier molecular flexibility index (Phi) is 4.05. The van der Waals surface area contributed by atoms with Crippen molar-refractivity contribution in [2.45, 2.75) is 25.8 Å². The topological polar surface area (TPSA) is 12.0 Å². The van der Waals surface area contributed by atoms with E-state index in [1.165, 1.54) is 38.9 Å². The van der Waals surface area contributed by atoms with Gasteiger partial charge in [-0.25, -0.2) is 0 Å². The van der Waals surface area contributed by atoms with E-state index >= 15 is 0 Å². The normalized spacial score (nSPS) is 17.0. The molecule has 0 atom stereocenters. The molecule has 0 bridgehead atoms. The number of hydrogen-bond donors (Lipinski definition) is 1. The number of nitrogens with one attached hydrogen (secondary N) is 1. The molecule has 0 radical (unpaired) electrons. The van der Waals surface area contributed by atoms with Crippen LogP contribution in [-0.2, 0) is 6.54 Å². The molecule has 0 aliphatic heterocycles. The third-order valence-electron chi connectivity index (χ3n) is 2.65. The summed E-state index contributed by atoms with van der Waals surface area (Å²) in [6.07, 6.45) is 4.28. The molecule has 1 heterocycles. The zero-order valence-electron chi connectivity index (χ0n) is 7.85. The SMILES string of the molecule is Brc1cc(CNCC2CCC2)sc1Br. The van der Waals surface area contributed by atoms with Gasteiger partial charge in [0.1, 0.15) is 0 Å². The third-order valence-corrected chi connectivity index (χ3v) is 5.91. The van der Waals surface area contributed by atoms with Crippen LogP contribution in [0.1, 0.15) is 24.1 Å².